The fourth-order valence-electron chi connectivity index (χ4n) is 1.44. The summed E-state index contributed by atoms with van der Waals surface area (Å²) in [5.74, 6) is 0. The SMILES string of the molecule is [Ge].[Ge].c1ncc2cc3nccnc3cc2n1. The molecule has 3 rings (SSSR count). The summed E-state index contributed by atoms with van der Waals surface area (Å²) >= 11 is 0. The molecule has 0 amide bonds. The average molecular weight is 327 g/mol. The monoisotopic (exact) mass is 330 g/mol. The van der Waals surface area contributed by atoms with Gasteiger partial charge in [0.05, 0.1) is 16.6 Å². The van der Waals surface area contributed by atoms with Gasteiger partial charge >= 0.3 is 0 Å². The van der Waals surface area contributed by atoms with Crippen molar-refractivity contribution in [1.29, 1.82) is 0 Å². The van der Waals surface area contributed by atoms with E-state index in [0.29, 0.717) is 0 Å². The van der Waals surface area contributed by atoms with Gasteiger partial charge in [-0.3, -0.25) is 9.97 Å². The van der Waals surface area contributed by atoms with Gasteiger partial charge in [0.15, 0.2) is 0 Å². The molecule has 0 fully saturated rings. The van der Waals surface area contributed by atoms with Crippen molar-refractivity contribution in [2.45, 2.75) is 0 Å². The van der Waals surface area contributed by atoms with Crippen LogP contribution in [0, 0.1) is 0 Å². The Bertz CT molecular complexity index is 510. The Balaban J connectivity index is 0.000000640. The Labute approximate surface area is 114 Å². The number of rotatable bonds is 0. The van der Waals surface area contributed by atoms with Crippen LogP contribution in [0.5, 0.6) is 0 Å². The molecule has 0 spiro atoms. The molecule has 8 radical (unpaired) electrons. The molecule has 0 saturated carbocycles. The van der Waals surface area contributed by atoms with Crippen LogP contribution in [0.4, 0.5) is 0 Å². The standard InChI is InChI=1S/C10H6N4.2Ge/c1-2-13-10-4-8-7(3-9(10)12-1)5-11-6-14-8;;/h1-6H;;. The summed E-state index contributed by atoms with van der Waals surface area (Å²) in [4.78, 5) is 16.5. The van der Waals surface area contributed by atoms with Gasteiger partial charge in [0.2, 0.25) is 0 Å². The minimum atomic E-state index is 0. The van der Waals surface area contributed by atoms with Crippen molar-refractivity contribution in [3.63, 3.8) is 0 Å². The van der Waals surface area contributed by atoms with E-state index in [1.807, 2.05) is 12.1 Å². The Morgan fingerprint density at radius 2 is 1.44 bits per heavy atom. The van der Waals surface area contributed by atoms with E-state index >= 15 is 0 Å². The summed E-state index contributed by atoms with van der Waals surface area (Å²) in [7, 11) is 0. The van der Waals surface area contributed by atoms with Crippen LogP contribution in [-0.2, 0) is 0 Å². The Morgan fingerprint density at radius 1 is 0.750 bits per heavy atom. The molecule has 0 N–H and O–H groups in total. The van der Waals surface area contributed by atoms with Crippen LogP contribution in [0.25, 0.3) is 21.9 Å². The van der Waals surface area contributed by atoms with E-state index in [1.165, 1.54) is 6.33 Å². The zero-order valence-corrected chi connectivity index (χ0v) is 12.4. The molecule has 3 aromatic rings. The maximum absolute atomic E-state index is 4.21. The van der Waals surface area contributed by atoms with Crippen molar-refractivity contribution in [3.8, 4) is 0 Å². The van der Waals surface area contributed by atoms with E-state index in [9.17, 15) is 0 Å². The van der Waals surface area contributed by atoms with Gasteiger partial charge in [-0.15, -0.1) is 0 Å². The molecule has 16 heavy (non-hydrogen) atoms. The van der Waals surface area contributed by atoms with Crippen molar-refractivity contribution in [2.24, 2.45) is 0 Å². The van der Waals surface area contributed by atoms with Crippen molar-refractivity contribution in [3.05, 3.63) is 37.1 Å². The Hall–Kier alpha value is -1.01. The van der Waals surface area contributed by atoms with Gasteiger partial charge in [0.25, 0.3) is 0 Å². The summed E-state index contributed by atoms with van der Waals surface area (Å²) in [6.45, 7) is 0. The van der Waals surface area contributed by atoms with E-state index < -0.39 is 0 Å². The first-order valence-corrected chi connectivity index (χ1v) is 4.24. The summed E-state index contributed by atoms with van der Waals surface area (Å²) in [5, 5.41) is 0.987. The fraction of sp³-hybridized carbons (Fsp3) is 0. The number of fused-ring (bicyclic) bond motifs is 2. The van der Waals surface area contributed by atoms with Crippen LogP contribution in [-0.4, -0.2) is 55.1 Å². The minimum absolute atomic E-state index is 0. The zero-order chi connectivity index (χ0) is 9.38. The zero-order valence-electron chi connectivity index (χ0n) is 8.25. The second-order valence-electron chi connectivity index (χ2n) is 2.98. The van der Waals surface area contributed by atoms with E-state index in [-0.39, 0.29) is 35.2 Å². The normalized spacial score (nSPS) is 9.50. The van der Waals surface area contributed by atoms with Gasteiger partial charge in [0, 0.05) is 59.2 Å². The van der Waals surface area contributed by atoms with Crippen molar-refractivity contribution >= 4 is 57.1 Å². The largest absolute Gasteiger partial charge is 0.253 e. The third kappa shape index (κ3) is 2.22. The first-order chi connectivity index (χ1) is 6.93. The van der Waals surface area contributed by atoms with Crippen LogP contribution in [0.1, 0.15) is 0 Å². The molecular formula is C10H6Ge2N4. The minimum Gasteiger partial charge on any atom is -0.253 e. The molecule has 0 aliphatic heterocycles. The predicted octanol–water partition coefficient (Wildman–Crippen LogP) is 0.811. The molecule has 6 heteroatoms. The first kappa shape index (κ1) is 13.1. The molecule has 0 unspecified atom stereocenters. The third-order valence-electron chi connectivity index (χ3n) is 2.09. The third-order valence-corrected chi connectivity index (χ3v) is 2.09. The molecule has 0 atom stereocenters. The van der Waals surface area contributed by atoms with Gasteiger partial charge in [-0.05, 0) is 12.1 Å². The summed E-state index contributed by atoms with van der Waals surface area (Å²) in [5.41, 5.74) is 2.63. The number of hydrogen-bond donors (Lipinski definition) is 0. The van der Waals surface area contributed by atoms with Gasteiger partial charge in [-0.2, -0.15) is 0 Å². The van der Waals surface area contributed by atoms with E-state index in [4.69, 9.17) is 0 Å². The fourth-order valence-corrected chi connectivity index (χ4v) is 1.44. The Kier molecular flexibility index (Phi) is 4.37. The van der Waals surface area contributed by atoms with Crippen molar-refractivity contribution in [1.82, 2.24) is 19.9 Å². The molecule has 1 aromatic carbocycles. The smallest absolute Gasteiger partial charge is 0.116 e. The average Bonchev–Trinajstić information content (AvgIpc) is 2.26. The molecule has 0 bridgehead atoms. The molecule has 0 saturated heterocycles. The van der Waals surface area contributed by atoms with Crippen LogP contribution in [0.15, 0.2) is 37.1 Å². The van der Waals surface area contributed by atoms with Crippen LogP contribution >= 0.6 is 0 Å². The molecule has 0 aliphatic carbocycles. The first-order valence-electron chi connectivity index (χ1n) is 4.24. The van der Waals surface area contributed by atoms with E-state index in [0.717, 1.165) is 21.9 Å². The van der Waals surface area contributed by atoms with Gasteiger partial charge in [0.1, 0.15) is 6.33 Å². The van der Waals surface area contributed by atoms with Crippen LogP contribution in [0.3, 0.4) is 0 Å². The molecule has 2 aromatic heterocycles. The summed E-state index contributed by atoms with van der Waals surface area (Å²) < 4.78 is 0. The molecule has 2 heterocycles. The Morgan fingerprint density at radius 3 is 2.19 bits per heavy atom. The summed E-state index contributed by atoms with van der Waals surface area (Å²) in [6.07, 6.45) is 6.66. The van der Waals surface area contributed by atoms with Crippen molar-refractivity contribution in [2.75, 3.05) is 0 Å². The molecule has 0 aliphatic rings. The molecular weight excluding hydrogens is 321 g/mol. The van der Waals surface area contributed by atoms with E-state index in [2.05, 4.69) is 19.9 Å². The molecule has 4 nitrogen and oxygen atoms in total. The maximum Gasteiger partial charge on any atom is 0.116 e. The topological polar surface area (TPSA) is 51.6 Å². The number of aromatic nitrogens is 4. The van der Waals surface area contributed by atoms with Gasteiger partial charge in [-0.25, -0.2) is 9.97 Å². The second-order valence-corrected chi connectivity index (χ2v) is 2.98. The number of nitrogens with zero attached hydrogens (tertiary/aromatic N) is 4. The summed E-state index contributed by atoms with van der Waals surface area (Å²) in [6, 6.07) is 3.86. The number of benzene rings is 1. The van der Waals surface area contributed by atoms with Gasteiger partial charge in [-0.1, -0.05) is 0 Å². The maximum atomic E-state index is 4.21. The van der Waals surface area contributed by atoms with Crippen molar-refractivity contribution < 1.29 is 0 Å². The van der Waals surface area contributed by atoms with Crippen LogP contribution in [0.2, 0.25) is 0 Å². The number of hydrogen-bond acceptors (Lipinski definition) is 4. The van der Waals surface area contributed by atoms with E-state index in [1.54, 1.807) is 18.6 Å². The molecule has 74 valence electrons. The quantitative estimate of drug-likeness (QED) is 0.453. The second kappa shape index (κ2) is 5.36. The predicted molar refractivity (Wildman–Crippen MR) is 64.1 cm³/mol. The van der Waals surface area contributed by atoms with Gasteiger partial charge < -0.3 is 0 Å². The van der Waals surface area contributed by atoms with Crippen LogP contribution < -0.4 is 0 Å².